The summed E-state index contributed by atoms with van der Waals surface area (Å²) in [7, 11) is 0. The number of nitrogens with zero attached hydrogens (tertiary/aromatic N) is 2. The average Bonchev–Trinajstić information content (AvgIpc) is 2.91. The van der Waals surface area contributed by atoms with Gasteiger partial charge in [0.25, 0.3) is 11.2 Å². The summed E-state index contributed by atoms with van der Waals surface area (Å²) in [5.41, 5.74) is 3.57. The van der Waals surface area contributed by atoms with Gasteiger partial charge in [-0.2, -0.15) is 0 Å². The van der Waals surface area contributed by atoms with Gasteiger partial charge in [-0.3, -0.25) is 30.0 Å². The molecule has 0 amide bonds. The number of hydrogen-bond donors (Lipinski definition) is 3. The number of H-pyrrole nitrogens is 1. The second-order valence-corrected chi connectivity index (χ2v) is 5.14. The van der Waals surface area contributed by atoms with E-state index < -0.39 is 4.92 Å². The number of nitrogens with one attached hydrogen (secondary N) is 2. The highest BCUT2D eigenvalue weighted by Crippen LogP contribution is 2.25. The number of nitro benzene ring substituents is 1. The second-order valence-electron chi connectivity index (χ2n) is 5.14. The molecule has 4 aromatic rings. The molecule has 0 aliphatic rings. The molecule has 0 unspecified atom stereocenters. The van der Waals surface area contributed by atoms with Crippen molar-refractivity contribution in [3.63, 3.8) is 0 Å². The number of aromatic nitrogens is 2. The standard InChI is InChI=1S/C15H10N4O4/c20-15-14-10(2-1-3-11(14)17-21)16-13-7-8-6-9(19(22)23)4-5-12(8)18(13)15/h1-7,16-17,21H. The van der Waals surface area contributed by atoms with Crippen LogP contribution in [0.2, 0.25) is 0 Å². The fourth-order valence-electron chi connectivity index (χ4n) is 2.86. The number of aromatic amines is 1. The maximum atomic E-state index is 12.8. The highest BCUT2D eigenvalue weighted by molar-refractivity contribution is 5.95. The zero-order valence-electron chi connectivity index (χ0n) is 11.6. The van der Waals surface area contributed by atoms with Crippen molar-refractivity contribution >= 4 is 38.8 Å². The van der Waals surface area contributed by atoms with E-state index in [-0.39, 0.29) is 16.9 Å². The number of anilines is 1. The van der Waals surface area contributed by atoms with Crippen LogP contribution in [0, 0.1) is 10.1 Å². The van der Waals surface area contributed by atoms with E-state index in [4.69, 9.17) is 0 Å². The minimum absolute atomic E-state index is 0.0388. The van der Waals surface area contributed by atoms with Crippen molar-refractivity contribution in [3.8, 4) is 0 Å². The van der Waals surface area contributed by atoms with Crippen LogP contribution in [0.3, 0.4) is 0 Å². The maximum absolute atomic E-state index is 12.8. The van der Waals surface area contributed by atoms with Crippen molar-refractivity contribution in [2.45, 2.75) is 0 Å². The first-order chi connectivity index (χ1) is 11.1. The van der Waals surface area contributed by atoms with E-state index in [2.05, 4.69) is 4.98 Å². The van der Waals surface area contributed by atoms with E-state index in [1.54, 1.807) is 24.3 Å². The second kappa shape index (κ2) is 4.55. The normalized spacial score (nSPS) is 11.3. The minimum atomic E-state index is -0.478. The summed E-state index contributed by atoms with van der Waals surface area (Å²) in [6.45, 7) is 0. The third-order valence-corrected chi connectivity index (χ3v) is 3.86. The van der Waals surface area contributed by atoms with Gasteiger partial charge in [-0.05, 0) is 24.3 Å². The van der Waals surface area contributed by atoms with Crippen LogP contribution in [0.25, 0.3) is 27.5 Å². The predicted molar refractivity (Wildman–Crippen MR) is 85.1 cm³/mol. The first-order valence-corrected chi connectivity index (χ1v) is 6.75. The van der Waals surface area contributed by atoms with E-state index in [1.165, 1.54) is 22.6 Å². The topological polar surface area (TPSA) is 113 Å². The molecule has 0 aliphatic heterocycles. The molecule has 0 aliphatic carbocycles. The van der Waals surface area contributed by atoms with Gasteiger partial charge in [0.05, 0.1) is 27.0 Å². The highest BCUT2D eigenvalue weighted by atomic mass is 16.6. The van der Waals surface area contributed by atoms with Crippen LogP contribution >= 0.6 is 0 Å². The largest absolute Gasteiger partial charge is 0.341 e. The number of nitro groups is 1. The molecule has 0 radical (unpaired) electrons. The Labute approximate surface area is 127 Å². The summed E-state index contributed by atoms with van der Waals surface area (Å²) in [6, 6.07) is 11.0. The molecule has 0 bridgehead atoms. The molecule has 0 spiro atoms. The third-order valence-electron chi connectivity index (χ3n) is 3.86. The summed E-state index contributed by atoms with van der Waals surface area (Å²) < 4.78 is 1.43. The Hall–Kier alpha value is -3.39. The molecule has 2 aromatic carbocycles. The molecule has 114 valence electrons. The van der Waals surface area contributed by atoms with Gasteiger partial charge in [0.15, 0.2) is 0 Å². The van der Waals surface area contributed by atoms with Gasteiger partial charge >= 0.3 is 0 Å². The van der Waals surface area contributed by atoms with Crippen LogP contribution in [0.4, 0.5) is 11.4 Å². The fourth-order valence-corrected chi connectivity index (χ4v) is 2.86. The molecule has 4 rings (SSSR count). The van der Waals surface area contributed by atoms with Crippen LogP contribution < -0.4 is 11.0 Å². The van der Waals surface area contributed by atoms with E-state index in [1.807, 2.05) is 5.48 Å². The molecule has 2 heterocycles. The Morgan fingerprint density at radius 2 is 2.04 bits per heavy atom. The zero-order valence-corrected chi connectivity index (χ0v) is 11.6. The average molecular weight is 310 g/mol. The molecule has 0 saturated heterocycles. The Kier molecular flexibility index (Phi) is 2.63. The fraction of sp³-hybridized carbons (Fsp3) is 0. The van der Waals surface area contributed by atoms with Gasteiger partial charge in [0.1, 0.15) is 5.65 Å². The van der Waals surface area contributed by atoms with Gasteiger partial charge < -0.3 is 4.98 Å². The van der Waals surface area contributed by atoms with Crippen LogP contribution in [-0.4, -0.2) is 19.5 Å². The number of benzene rings is 2. The maximum Gasteiger partial charge on any atom is 0.270 e. The van der Waals surface area contributed by atoms with Crippen molar-refractivity contribution in [3.05, 3.63) is 62.9 Å². The van der Waals surface area contributed by atoms with Crippen LogP contribution in [-0.2, 0) is 0 Å². The third kappa shape index (κ3) is 1.79. The molecule has 23 heavy (non-hydrogen) atoms. The van der Waals surface area contributed by atoms with Gasteiger partial charge in [0.2, 0.25) is 0 Å². The molecule has 8 nitrogen and oxygen atoms in total. The van der Waals surface area contributed by atoms with Gasteiger partial charge in [0, 0.05) is 17.5 Å². The van der Waals surface area contributed by atoms with Gasteiger partial charge in [-0.15, -0.1) is 0 Å². The van der Waals surface area contributed by atoms with Crippen molar-refractivity contribution in [1.29, 1.82) is 0 Å². The SMILES string of the molecule is O=c1c2c(NO)cccc2[nH]c2cc3cc([N+](=O)[O-])ccc3n12. The number of non-ortho nitro benzene ring substituents is 1. The van der Waals surface area contributed by atoms with Crippen molar-refractivity contribution in [2.75, 3.05) is 5.48 Å². The van der Waals surface area contributed by atoms with E-state index >= 15 is 0 Å². The number of hydrogen-bond acceptors (Lipinski definition) is 5. The van der Waals surface area contributed by atoms with E-state index in [0.717, 1.165) is 0 Å². The summed E-state index contributed by atoms with van der Waals surface area (Å²) in [4.78, 5) is 26.3. The summed E-state index contributed by atoms with van der Waals surface area (Å²) in [6.07, 6.45) is 0. The van der Waals surface area contributed by atoms with E-state index in [0.29, 0.717) is 27.5 Å². The van der Waals surface area contributed by atoms with E-state index in [9.17, 15) is 20.1 Å². The molecule has 2 aromatic heterocycles. The Bertz CT molecular complexity index is 1160. The van der Waals surface area contributed by atoms with Crippen LogP contribution in [0.15, 0.2) is 47.3 Å². The lowest BCUT2D eigenvalue weighted by atomic mass is 10.2. The summed E-state index contributed by atoms with van der Waals surface area (Å²) in [5.74, 6) is 0. The van der Waals surface area contributed by atoms with Gasteiger partial charge in [-0.25, -0.2) is 0 Å². The monoisotopic (exact) mass is 310 g/mol. The Morgan fingerprint density at radius 3 is 2.78 bits per heavy atom. The molecular formula is C15H10N4O4. The van der Waals surface area contributed by atoms with Crippen molar-refractivity contribution in [1.82, 2.24) is 9.38 Å². The van der Waals surface area contributed by atoms with Gasteiger partial charge in [-0.1, -0.05) is 6.07 Å². The van der Waals surface area contributed by atoms with Crippen LogP contribution in [0.5, 0.6) is 0 Å². The summed E-state index contributed by atoms with van der Waals surface area (Å²) in [5, 5.41) is 21.0. The van der Waals surface area contributed by atoms with Crippen molar-refractivity contribution in [2.24, 2.45) is 0 Å². The lowest BCUT2D eigenvalue weighted by Crippen LogP contribution is -2.15. The summed E-state index contributed by atoms with van der Waals surface area (Å²) >= 11 is 0. The molecule has 8 heteroatoms. The highest BCUT2D eigenvalue weighted by Gasteiger charge is 2.14. The quantitative estimate of drug-likeness (QED) is 0.389. The lowest BCUT2D eigenvalue weighted by molar-refractivity contribution is -0.384. The molecule has 0 atom stereocenters. The first-order valence-electron chi connectivity index (χ1n) is 6.75. The van der Waals surface area contributed by atoms with Crippen LogP contribution in [0.1, 0.15) is 0 Å². The minimum Gasteiger partial charge on any atom is -0.341 e. The lowest BCUT2D eigenvalue weighted by Gasteiger charge is -2.06. The predicted octanol–water partition coefficient (Wildman–Crippen LogP) is 2.64. The first kappa shape index (κ1) is 13.3. The number of fused-ring (bicyclic) bond motifs is 4. The molecule has 3 N–H and O–H groups in total. The smallest absolute Gasteiger partial charge is 0.270 e. The molecule has 0 saturated carbocycles. The number of rotatable bonds is 2. The Morgan fingerprint density at radius 1 is 1.22 bits per heavy atom. The Balaban J connectivity index is 2.20. The molecular weight excluding hydrogens is 300 g/mol. The van der Waals surface area contributed by atoms with Crippen molar-refractivity contribution < 1.29 is 10.1 Å². The molecule has 0 fully saturated rings. The zero-order chi connectivity index (χ0) is 16.1.